The first kappa shape index (κ1) is 24.1. The molecule has 1 aromatic heterocycles. The number of aryl methyl sites for hydroxylation is 3. The summed E-state index contributed by atoms with van der Waals surface area (Å²) in [6.45, 7) is 3.42. The van der Waals surface area contributed by atoms with Gasteiger partial charge >= 0.3 is 0 Å². The lowest BCUT2D eigenvalue weighted by molar-refractivity contribution is 0.231. The zero-order valence-electron chi connectivity index (χ0n) is 20.6. The highest BCUT2D eigenvalue weighted by Gasteiger charge is 2.20. The second-order valence-electron chi connectivity index (χ2n) is 9.77. The van der Waals surface area contributed by atoms with Gasteiger partial charge in [0.2, 0.25) is 5.88 Å². The molecule has 4 nitrogen and oxygen atoms in total. The number of fused-ring (bicyclic) bond motifs is 3. The average Bonchev–Trinajstić information content (AvgIpc) is 3.07. The number of aromatic nitrogens is 1. The van der Waals surface area contributed by atoms with Crippen molar-refractivity contribution in [2.45, 2.75) is 58.5 Å². The largest absolute Gasteiger partial charge is 0.489 e. The van der Waals surface area contributed by atoms with Crippen LogP contribution in [-0.4, -0.2) is 27.3 Å². The Balaban J connectivity index is 1.27. The number of rotatable bonds is 8. The second kappa shape index (κ2) is 11.4. The van der Waals surface area contributed by atoms with Crippen LogP contribution >= 0.6 is 0 Å². The molecule has 0 radical (unpaired) electrons. The van der Waals surface area contributed by atoms with Crippen LogP contribution in [0.1, 0.15) is 55.0 Å². The Morgan fingerprint density at radius 2 is 1.71 bits per heavy atom. The Bertz CT molecular complexity index is 1160. The molecule has 5 heteroatoms. The summed E-state index contributed by atoms with van der Waals surface area (Å²) in [6, 6.07) is 19.4. The minimum Gasteiger partial charge on any atom is -0.489 e. The van der Waals surface area contributed by atoms with E-state index in [-0.39, 0.29) is 0 Å². The predicted molar refractivity (Wildman–Crippen MR) is 143 cm³/mol. The van der Waals surface area contributed by atoms with Crippen LogP contribution < -0.4 is 9.47 Å². The van der Waals surface area contributed by atoms with Gasteiger partial charge in [-0.3, -0.25) is 4.21 Å². The third-order valence-corrected chi connectivity index (χ3v) is 8.50. The molecular weight excluding hydrogens is 454 g/mol. The van der Waals surface area contributed by atoms with E-state index in [1.165, 1.54) is 27.8 Å². The van der Waals surface area contributed by atoms with Crippen molar-refractivity contribution in [3.05, 3.63) is 77.0 Å². The lowest BCUT2D eigenvalue weighted by Crippen LogP contribution is -2.23. The van der Waals surface area contributed by atoms with Crippen molar-refractivity contribution in [3.63, 3.8) is 0 Å². The van der Waals surface area contributed by atoms with Gasteiger partial charge in [0.15, 0.2) is 0 Å². The summed E-state index contributed by atoms with van der Waals surface area (Å²) in [5.74, 6) is 3.72. The molecule has 0 N–H and O–H groups in total. The smallest absolute Gasteiger partial charge is 0.213 e. The van der Waals surface area contributed by atoms with Gasteiger partial charge in [-0.15, -0.1) is 0 Å². The fraction of sp³-hybridized carbons (Fsp3) is 0.433. The molecule has 1 aliphatic carbocycles. The molecule has 0 atom stereocenters. The number of ether oxygens (including phenoxy) is 2. The maximum atomic E-state index is 11.6. The molecule has 0 saturated carbocycles. The number of nitrogens with zero attached hydrogens (tertiary/aromatic N) is 1. The van der Waals surface area contributed by atoms with Crippen LogP contribution in [0, 0.1) is 5.92 Å². The molecule has 0 spiro atoms. The lowest BCUT2D eigenvalue weighted by Gasteiger charge is -2.21. The molecule has 0 bridgehead atoms. The molecule has 184 valence electrons. The van der Waals surface area contributed by atoms with E-state index in [0.717, 1.165) is 67.9 Å². The Hall–Kier alpha value is -2.66. The van der Waals surface area contributed by atoms with Crippen molar-refractivity contribution in [2.24, 2.45) is 5.92 Å². The summed E-state index contributed by atoms with van der Waals surface area (Å²) in [7, 11) is -0.631. The molecule has 1 aliphatic heterocycles. The first-order chi connectivity index (χ1) is 17.2. The zero-order valence-corrected chi connectivity index (χ0v) is 21.4. The summed E-state index contributed by atoms with van der Waals surface area (Å²) in [4.78, 5) is 4.90. The van der Waals surface area contributed by atoms with Gasteiger partial charge in [-0.2, -0.15) is 0 Å². The normalized spacial score (nSPS) is 19.3. The van der Waals surface area contributed by atoms with Gasteiger partial charge in [0, 0.05) is 33.9 Å². The molecule has 3 aromatic rings. The van der Waals surface area contributed by atoms with Crippen LogP contribution in [0.15, 0.2) is 54.6 Å². The van der Waals surface area contributed by atoms with E-state index in [2.05, 4.69) is 55.5 Å². The highest BCUT2D eigenvalue weighted by Crippen LogP contribution is 2.34. The van der Waals surface area contributed by atoms with Crippen molar-refractivity contribution >= 4 is 10.8 Å². The Labute approximate surface area is 211 Å². The van der Waals surface area contributed by atoms with Gasteiger partial charge in [-0.25, -0.2) is 4.98 Å². The van der Waals surface area contributed by atoms with Crippen LogP contribution in [0.5, 0.6) is 11.6 Å². The standard InChI is InChI=1S/C30H35NO3S/c1-2-4-22-8-11-26(12-9-22)33-21-24-7-10-25-5-3-6-29-27(28(25)19-24)13-14-30(31-29)34-20-23-15-17-35(32)18-16-23/h7-14,19,23H,2-6,15-18,20-21H2,1H3. The predicted octanol–water partition coefficient (Wildman–Crippen LogP) is 6.31. The van der Waals surface area contributed by atoms with Crippen molar-refractivity contribution in [1.29, 1.82) is 0 Å². The zero-order chi connectivity index (χ0) is 24.0. The van der Waals surface area contributed by atoms with E-state index in [4.69, 9.17) is 14.5 Å². The van der Waals surface area contributed by atoms with Crippen molar-refractivity contribution < 1.29 is 13.7 Å². The lowest BCUT2D eigenvalue weighted by atomic mass is 9.97. The quantitative estimate of drug-likeness (QED) is 0.372. The Morgan fingerprint density at radius 3 is 2.51 bits per heavy atom. The third kappa shape index (κ3) is 6.13. The molecule has 2 aromatic carbocycles. The van der Waals surface area contributed by atoms with Gasteiger partial charge in [-0.05, 0) is 91.0 Å². The first-order valence-electron chi connectivity index (χ1n) is 13.0. The van der Waals surface area contributed by atoms with E-state index in [0.29, 0.717) is 25.0 Å². The van der Waals surface area contributed by atoms with E-state index in [9.17, 15) is 4.21 Å². The van der Waals surface area contributed by atoms with Crippen LogP contribution in [0.4, 0.5) is 0 Å². The van der Waals surface area contributed by atoms with Crippen LogP contribution in [0.3, 0.4) is 0 Å². The van der Waals surface area contributed by atoms with Gasteiger partial charge in [-0.1, -0.05) is 37.6 Å². The summed E-state index contributed by atoms with van der Waals surface area (Å²) in [5.41, 5.74) is 7.50. The molecular formula is C30H35NO3S. The molecule has 0 unspecified atom stereocenters. The van der Waals surface area contributed by atoms with Crippen LogP contribution in [-0.2, 0) is 36.7 Å². The van der Waals surface area contributed by atoms with Gasteiger partial charge in [0.05, 0.1) is 12.3 Å². The van der Waals surface area contributed by atoms with E-state index in [1.54, 1.807) is 0 Å². The number of benzene rings is 2. The monoisotopic (exact) mass is 489 g/mol. The van der Waals surface area contributed by atoms with E-state index >= 15 is 0 Å². The van der Waals surface area contributed by atoms with Gasteiger partial charge in [0.1, 0.15) is 12.4 Å². The van der Waals surface area contributed by atoms with Crippen LogP contribution in [0.25, 0.3) is 11.1 Å². The molecule has 2 aliphatic rings. The topological polar surface area (TPSA) is 48.4 Å². The van der Waals surface area contributed by atoms with Gasteiger partial charge < -0.3 is 9.47 Å². The molecule has 35 heavy (non-hydrogen) atoms. The second-order valence-corrected chi connectivity index (χ2v) is 11.5. The Kier molecular flexibility index (Phi) is 7.82. The maximum absolute atomic E-state index is 11.6. The third-order valence-electron chi connectivity index (χ3n) is 7.11. The average molecular weight is 490 g/mol. The number of hydrogen-bond acceptors (Lipinski definition) is 4. The molecule has 1 saturated heterocycles. The van der Waals surface area contributed by atoms with Gasteiger partial charge in [0.25, 0.3) is 0 Å². The fourth-order valence-electron chi connectivity index (χ4n) is 5.05. The fourth-order valence-corrected chi connectivity index (χ4v) is 6.44. The number of hydrogen-bond donors (Lipinski definition) is 0. The molecule has 2 heterocycles. The Morgan fingerprint density at radius 1 is 0.914 bits per heavy atom. The van der Waals surface area contributed by atoms with Crippen molar-refractivity contribution in [1.82, 2.24) is 4.98 Å². The summed E-state index contributed by atoms with van der Waals surface area (Å²) in [6.07, 6.45) is 7.33. The SMILES string of the molecule is CCCc1ccc(OCc2ccc3c(c2)-c2ccc(OCC4CCS(=O)CC4)nc2CCC3)cc1. The highest BCUT2D eigenvalue weighted by molar-refractivity contribution is 7.85. The minimum atomic E-state index is -0.631. The minimum absolute atomic E-state index is 0.486. The van der Waals surface area contributed by atoms with Crippen molar-refractivity contribution in [2.75, 3.05) is 18.1 Å². The summed E-state index contributed by atoms with van der Waals surface area (Å²) < 4.78 is 23.8. The molecule has 5 rings (SSSR count). The molecule has 0 amide bonds. The molecule has 1 fully saturated rings. The summed E-state index contributed by atoms with van der Waals surface area (Å²) in [5, 5.41) is 0. The van der Waals surface area contributed by atoms with Crippen LogP contribution in [0.2, 0.25) is 0 Å². The first-order valence-corrected chi connectivity index (χ1v) is 14.5. The maximum Gasteiger partial charge on any atom is 0.213 e. The number of pyridine rings is 1. The highest BCUT2D eigenvalue weighted by atomic mass is 32.2. The van der Waals surface area contributed by atoms with Crippen molar-refractivity contribution in [3.8, 4) is 22.8 Å². The summed E-state index contributed by atoms with van der Waals surface area (Å²) >= 11 is 0. The van der Waals surface area contributed by atoms with E-state index in [1.807, 2.05) is 6.07 Å². The van der Waals surface area contributed by atoms with E-state index < -0.39 is 10.8 Å².